The van der Waals surface area contributed by atoms with Gasteiger partial charge in [-0.3, -0.25) is 4.79 Å². The lowest BCUT2D eigenvalue weighted by Crippen LogP contribution is -2.43. The standard InChI is InChI=1S/C27H27F4N3O5S/c1-18-25(24(39-33-18)10-9-19-5-2-3-8-23(19)28)40(36,37)34-14-11-20(12-15-34)26(35)32-13-16-38-22-7-4-6-21(17-22)27(29,30)31/h2-10,17,20H,11-16H2,1H3,(H,32,35)/b10-9+. The van der Waals surface area contributed by atoms with Crippen LogP contribution in [0.5, 0.6) is 5.75 Å². The minimum atomic E-state index is -4.48. The third-order valence-electron chi connectivity index (χ3n) is 6.41. The van der Waals surface area contributed by atoms with Crippen LogP contribution in [0.15, 0.2) is 57.9 Å². The van der Waals surface area contributed by atoms with Crippen LogP contribution >= 0.6 is 0 Å². The van der Waals surface area contributed by atoms with Crippen molar-refractivity contribution in [3.63, 3.8) is 0 Å². The van der Waals surface area contributed by atoms with Crippen LogP contribution < -0.4 is 10.1 Å². The number of carbonyl (C=O) groups excluding carboxylic acids is 1. The molecular formula is C27H27F4N3O5S. The Bertz CT molecular complexity index is 1480. The Morgan fingerprint density at radius 1 is 1.15 bits per heavy atom. The number of nitrogens with zero attached hydrogens (tertiary/aromatic N) is 2. The number of aryl methyl sites for hydroxylation is 1. The summed E-state index contributed by atoms with van der Waals surface area (Å²) in [6.45, 7) is 1.71. The van der Waals surface area contributed by atoms with Crippen LogP contribution in [0, 0.1) is 18.7 Å². The molecule has 40 heavy (non-hydrogen) atoms. The van der Waals surface area contributed by atoms with Crippen molar-refractivity contribution >= 4 is 28.1 Å². The van der Waals surface area contributed by atoms with E-state index in [-0.39, 0.29) is 72.7 Å². The molecule has 1 saturated heterocycles. The first-order chi connectivity index (χ1) is 19.0. The molecule has 13 heteroatoms. The summed E-state index contributed by atoms with van der Waals surface area (Å²) in [4.78, 5) is 12.5. The molecule has 0 aliphatic carbocycles. The number of alkyl halides is 3. The molecule has 1 aromatic heterocycles. The summed E-state index contributed by atoms with van der Waals surface area (Å²) < 4.78 is 91.0. The monoisotopic (exact) mass is 581 g/mol. The van der Waals surface area contributed by atoms with Crippen molar-refractivity contribution in [1.29, 1.82) is 0 Å². The zero-order chi connectivity index (χ0) is 28.9. The van der Waals surface area contributed by atoms with Crippen LogP contribution in [0.3, 0.4) is 0 Å². The van der Waals surface area contributed by atoms with Gasteiger partial charge in [-0.2, -0.15) is 17.5 Å². The first-order valence-corrected chi connectivity index (χ1v) is 13.9. The number of rotatable bonds is 9. The van der Waals surface area contributed by atoms with Crippen molar-refractivity contribution in [2.24, 2.45) is 5.92 Å². The largest absolute Gasteiger partial charge is 0.492 e. The Labute approximate surface area is 228 Å². The average Bonchev–Trinajstić information content (AvgIpc) is 3.31. The van der Waals surface area contributed by atoms with Gasteiger partial charge in [-0.25, -0.2) is 12.8 Å². The van der Waals surface area contributed by atoms with E-state index < -0.39 is 33.5 Å². The molecule has 4 rings (SSSR count). The van der Waals surface area contributed by atoms with Crippen molar-refractivity contribution in [3.05, 3.63) is 76.9 Å². The van der Waals surface area contributed by atoms with Crippen LogP contribution in [0.4, 0.5) is 17.6 Å². The first-order valence-electron chi connectivity index (χ1n) is 12.4. The van der Waals surface area contributed by atoms with Gasteiger partial charge in [0.1, 0.15) is 23.9 Å². The highest BCUT2D eigenvalue weighted by molar-refractivity contribution is 7.89. The summed E-state index contributed by atoms with van der Waals surface area (Å²) in [6.07, 6.45) is -1.19. The van der Waals surface area contributed by atoms with Crippen LogP contribution in [0.2, 0.25) is 0 Å². The summed E-state index contributed by atoms with van der Waals surface area (Å²) in [7, 11) is -4.01. The van der Waals surface area contributed by atoms with E-state index in [1.165, 1.54) is 47.6 Å². The van der Waals surface area contributed by atoms with Gasteiger partial charge in [-0.15, -0.1) is 0 Å². The van der Waals surface area contributed by atoms with E-state index >= 15 is 0 Å². The Kier molecular flexibility index (Phi) is 8.94. The molecule has 214 valence electrons. The number of hydrogen-bond donors (Lipinski definition) is 1. The SMILES string of the molecule is Cc1noc(/C=C/c2ccccc2F)c1S(=O)(=O)N1CCC(C(=O)NCCOc2cccc(C(F)(F)F)c2)CC1. The first kappa shape index (κ1) is 29.3. The van der Waals surface area contributed by atoms with Gasteiger partial charge in [0.05, 0.1) is 12.1 Å². The Morgan fingerprint density at radius 3 is 2.58 bits per heavy atom. The van der Waals surface area contributed by atoms with Crippen LogP contribution in [-0.2, 0) is 21.0 Å². The average molecular weight is 582 g/mol. The Morgan fingerprint density at radius 2 is 1.88 bits per heavy atom. The highest BCUT2D eigenvalue weighted by Crippen LogP contribution is 2.32. The minimum Gasteiger partial charge on any atom is -0.492 e. The van der Waals surface area contributed by atoms with Gasteiger partial charge < -0.3 is 14.6 Å². The highest BCUT2D eigenvalue weighted by atomic mass is 32.2. The van der Waals surface area contributed by atoms with Crippen LogP contribution in [0.25, 0.3) is 12.2 Å². The lowest BCUT2D eigenvalue weighted by atomic mass is 9.97. The number of benzene rings is 2. The summed E-state index contributed by atoms with van der Waals surface area (Å²) >= 11 is 0. The number of carbonyl (C=O) groups is 1. The number of aromatic nitrogens is 1. The van der Waals surface area contributed by atoms with Crippen molar-refractivity contribution < 1.29 is 40.0 Å². The quantitative estimate of drug-likeness (QED) is 0.285. The fourth-order valence-corrected chi connectivity index (χ4v) is 6.03. The second kappa shape index (κ2) is 12.2. The smallest absolute Gasteiger partial charge is 0.416 e. The summed E-state index contributed by atoms with van der Waals surface area (Å²) in [5.41, 5.74) is -0.411. The minimum absolute atomic E-state index is 0.0265. The molecule has 2 heterocycles. The lowest BCUT2D eigenvalue weighted by molar-refractivity contribution is -0.137. The maximum atomic E-state index is 14.0. The van der Waals surface area contributed by atoms with E-state index in [0.717, 1.165) is 12.1 Å². The maximum Gasteiger partial charge on any atom is 0.416 e. The van der Waals surface area contributed by atoms with Gasteiger partial charge in [0.2, 0.25) is 15.9 Å². The van der Waals surface area contributed by atoms with Crippen molar-refractivity contribution in [2.45, 2.75) is 30.8 Å². The van der Waals surface area contributed by atoms with Crippen LogP contribution in [0.1, 0.15) is 35.4 Å². The molecule has 0 radical (unpaired) electrons. The molecule has 0 atom stereocenters. The summed E-state index contributed by atoms with van der Waals surface area (Å²) in [5, 5.41) is 6.46. The molecule has 3 aromatic rings. The van der Waals surface area contributed by atoms with Crippen molar-refractivity contribution in [1.82, 2.24) is 14.8 Å². The van der Waals surface area contributed by atoms with E-state index in [9.17, 15) is 30.8 Å². The van der Waals surface area contributed by atoms with Gasteiger partial charge in [0.15, 0.2) is 10.7 Å². The van der Waals surface area contributed by atoms with Gasteiger partial charge in [0, 0.05) is 24.6 Å². The van der Waals surface area contributed by atoms with E-state index in [2.05, 4.69) is 10.5 Å². The molecule has 0 unspecified atom stereocenters. The highest BCUT2D eigenvalue weighted by Gasteiger charge is 2.36. The molecule has 1 amide bonds. The van der Waals surface area contributed by atoms with Gasteiger partial charge in [-0.05, 0) is 56.2 Å². The zero-order valence-electron chi connectivity index (χ0n) is 21.4. The number of halogens is 4. The number of sulfonamides is 1. The third kappa shape index (κ3) is 6.89. The molecule has 2 aromatic carbocycles. The summed E-state index contributed by atoms with van der Waals surface area (Å²) in [6, 6.07) is 10.5. The zero-order valence-corrected chi connectivity index (χ0v) is 22.3. The van der Waals surface area contributed by atoms with Gasteiger partial charge >= 0.3 is 6.18 Å². The number of hydrogen-bond acceptors (Lipinski definition) is 6. The van der Waals surface area contributed by atoms with E-state index in [1.807, 2.05) is 0 Å². The third-order valence-corrected chi connectivity index (χ3v) is 8.46. The second-order valence-electron chi connectivity index (χ2n) is 9.16. The number of ether oxygens (including phenoxy) is 1. The molecule has 0 bridgehead atoms. The number of nitrogens with one attached hydrogen (secondary N) is 1. The molecule has 0 saturated carbocycles. The topological polar surface area (TPSA) is 102 Å². The van der Waals surface area contributed by atoms with E-state index in [4.69, 9.17) is 9.26 Å². The Hall–Kier alpha value is -3.71. The molecule has 0 spiro atoms. The molecule has 1 aliphatic heterocycles. The molecule has 1 aliphatic rings. The summed E-state index contributed by atoms with van der Waals surface area (Å²) in [5.74, 6) is -1.19. The molecule has 1 fully saturated rings. The van der Waals surface area contributed by atoms with Crippen molar-refractivity contribution in [3.8, 4) is 5.75 Å². The van der Waals surface area contributed by atoms with Gasteiger partial charge in [0.25, 0.3) is 0 Å². The van der Waals surface area contributed by atoms with Crippen LogP contribution in [-0.4, -0.2) is 50.0 Å². The maximum absolute atomic E-state index is 14.0. The fraction of sp³-hybridized carbons (Fsp3) is 0.333. The van der Waals surface area contributed by atoms with Crippen molar-refractivity contribution in [2.75, 3.05) is 26.2 Å². The normalized spacial score (nSPS) is 15.4. The Balaban J connectivity index is 1.30. The number of piperidine rings is 1. The van der Waals surface area contributed by atoms with E-state index in [1.54, 1.807) is 12.1 Å². The predicted octanol–water partition coefficient (Wildman–Crippen LogP) is 4.91. The van der Waals surface area contributed by atoms with E-state index in [0.29, 0.717) is 0 Å². The molecule has 8 nitrogen and oxygen atoms in total. The fourth-order valence-electron chi connectivity index (χ4n) is 4.31. The molecular weight excluding hydrogens is 554 g/mol. The predicted molar refractivity (Wildman–Crippen MR) is 138 cm³/mol. The molecule has 1 N–H and O–H groups in total. The van der Waals surface area contributed by atoms with Gasteiger partial charge in [-0.1, -0.05) is 29.4 Å². The number of amides is 1. The lowest BCUT2D eigenvalue weighted by Gasteiger charge is -2.30. The second-order valence-corrected chi connectivity index (χ2v) is 11.0.